The van der Waals surface area contributed by atoms with Crippen LogP contribution in [0.25, 0.3) is 32.4 Å². The van der Waals surface area contributed by atoms with E-state index in [4.69, 9.17) is 9.15 Å². The molecule has 1 aromatic carbocycles. The summed E-state index contributed by atoms with van der Waals surface area (Å²) in [5.74, 6) is 2.81. The Labute approximate surface area is 172 Å². The number of piperidine rings is 1. The fourth-order valence-electron chi connectivity index (χ4n) is 3.77. The normalized spacial score (nSPS) is 14.5. The summed E-state index contributed by atoms with van der Waals surface area (Å²) < 4.78 is 11.2. The van der Waals surface area contributed by atoms with Gasteiger partial charge in [-0.1, -0.05) is 0 Å². The summed E-state index contributed by atoms with van der Waals surface area (Å²) in [6.45, 7) is 4.17. The number of anilines is 1. The third-order valence-corrected chi connectivity index (χ3v) is 6.51. The fourth-order valence-corrected chi connectivity index (χ4v) is 4.83. The largest absolute Gasteiger partial charge is 0.497 e. The smallest absolute Gasteiger partial charge is 0.258 e. The second-order valence-electron chi connectivity index (χ2n) is 7.12. The lowest BCUT2D eigenvalue weighted by molar-refractivity contribution is 0.415. The molecule has 4 heterocycles. The molecule has 1 saturated heterocycles. The third kappa shape index (κ3) is 3.23. The predicted octanol–water partition coefficient (Wildman–Crippen LogP) is 4.72. The number of aryl methyl sites for hydroxylation is 1. The molecule has 0 aliphatic carbocycles. The summed E-state index contributed by atoms with van der Waals surface area (Å²) in [7, 11) is 1.64. The van der Waals surface area contributed by atoms with E-state index in [1.165, 1.54) is 19.3 Å². The van der Waals surface area contributed by atoms with Crippen LogP contribution in [0.3, 0.4) is 0 Å². The number of methoxy groups -OCH3 is 1. The second kappa shape index (κ2) is 7.44. The number of nitrogens with zero attached hydrogens (tertiary/aromatic N) is 5. The Morgan fingerprint density at radius 3 is 2.52 bits per heavy atom. The van der Waals surface area contributed by atoms with Crippen LogP contribution in [0, 0.1) is 6.92 Å². The van der Waals surface area contributed by atoms with E-state index in [1.54, 1.807) is 24.8 Å². The van der Waals surface area contributed by atoms with Crippen molar-refractivity contribution < 1.29 is 9.15 Å². The summed E-state index contributed by atoms with van der Waals surface area (Å²) in [4.78, 5) is 13.4. The van der Waals surface area contributed by atoms with Crippen LogP contribution >= 0.6 is 11.3 Å². The molecule has 29 heavy (non-hydrogen) atoms. The molecule has 0 saturated carbocycles. The van der Waals surface area contributed by atoms with Crippen LogP contribution < -0.4 is 9.64 Å². The van der Waals surface area contributed by atoms with Crippen molar-refractivity contribution in [3.05, 3.63) is 36.2 Å². The first-order valence-electron chi connectivity index (χ1n) is 9.72. The van der Waals surface area contributed by atoms with Gasteiger partial charge in [-0.3, -0.25) is 0 Å². The minimum atomic E-state index is 0.488. The summed E-state index contributed by atoms with van der Waals surface area (Å²) >= 11 is 1.58. The van der Waals surface area contributed by atoms with Crippen LogP contribution in [0.4, 0.5) is 5.82 Å². The zero-order chi connectivity index (χ0) is 19.8. The van der Waals surface area contributed by atoms with Crippen LogP contribution in [0.15, 0.2) is 35.0 Å². The van der Waals surface area contributed by atoms with E-state index in [9.17, 15) is 0 Å². The lowest BCUT2D eigenvalue weighted by Gasteiger charge is -2.28. The van der Waals surface area contributed by atoms with Crippen molar-refractivity contribution in [3.8, 4) is 28.0 Å². The molecule has 1 fully saturated rings. The van der Waals surface area contributed by atoms with Crippen LogP contribution in [-0.4, -0.2) is 40.4 Å². The molecule has 148 valence electrons. The van der Waals surface area contributed by atoms with Gasteiger partial charge in [0.15, 0.2) is 0 Å². The second-order valence-corrected chi connectivity index (χ2v) is 8.12. The molecular weight excluding hydrogens is 386 g/mol. The zero-order valence-electron chi connectivity index (χ0n) is 16.4. The molecule has 5 rings (SSSR count). The summed E-state index contributed by atoms with van der Waals surface area (Å²) in [5, 5.41) is 9.64. The van der Waals surface area contributed by atoms with Gasteiger partial charge < -0.3 is 14.1 Å². The monoisotopic (exact) mass is 407 g/mol. The van der Waals surface area contributed by atoms with Crippen molar-refractivity contribution in [3.63, 3.8) is 0 Å². The standard InChI is InChI=1S/C21H21N5O2S/c1-13-16-18(26-10-4-3-5-11-26)22-12-23-21(16)29-17(13)20-25-24-19(28-20)14-6-8-15(27-2)9-7-14/h6-9,12H,3-5,10-11H2,1-2H3. The van der Waals surface area contributed by atoms with E-state index in [0.717, 1.165) is 50.9 Å². The number of ether oxygens (including phenoxy) is 1. The van der Waals surface area contributed by atoms with Gasteiger partial charge in [0.05, 0.1) is 17.4 Å². The number of fused-ring (bicyclic) bond motifs is 1. The van der Waals surface area contributed by atoms with Gasteiger partial charge in [-0.15, -0.1) is 21.5 Å². The zero-order valence-corrected chi connectivity index (χ0v) is 17.2. The number of rotatable bonds is 4. The summed E-state index contributed by atoms with van der Waals surface area (Å²) in [6.07, 6.45) is 5.35. The fraction of sp³-hybridized carbons (Fsp3) is 0.333. The first kappa shape index (κ1) is 18.1. The quantitative estimate of drug-likeness (QED) is 0.484. The minimum Gasteiger partial charge on any atom is -0.497 e. The molecule has 0 atom stereocenters. The SMILES string of the molecule is COc1ccc(-c2nnc(-c3sc4ncnc(N5CCCCC5)c4c3C)o2)cc1. The number of aromatic nitrogens is 4. The Morgan fingerprint density at radius 1 is 1.00 bits per heavy atom. The molecule has 7 nitrogen and oxygen atoms in total. The highest BCUT2D eigenvalue weighted by molar-refractivity contribution is 7.22. The van der Waals surface area contributed by atoms with Gasteiger partial charge in [-0.2, -0.15) is 0 Å². The predicted molar refractivity (Wildman–Crippen MR) is 113 cm³/mol. The molecule has 1 aliphatic rings. The van der Waals surface area contributed by atoms with Crippen LogP contribution in [-0.2, 0) is 0 Å². The Balaban J connectivity index is 1.54. The molecule has 0 unspecified atom stereocenters. The first-order chi connectivity index (χ1) is 14.2. The van der Waals surface area contributed by atoms with Crippen LogP contribution in [0.1, 0.15) is 24.8 Å². The maximum absolute atomic E-state index is 6.01. The van der Waals surface area contributed by atoms with E-state index in [1.807, 2.05) is 24.3 Å². The van der Waals surface area contributed by atoms with Gasteiger partial charge in [0, 0.05) is 18.7 Å². The van der Waals surface area contributed by atoms with E-state index in [2.05, 4.69) is 32.0 Å². The summed E-state index contributed by atoms with van der Waals surface area (Å²) in [5.41, 5.74) is 1.95. The van der Waals surface area contributed by atoms with E-state index >= 15 is 0 Å². The van der Waals surface area contributed by atoms with Crippen molar-refractivity contribution >= 4 is 27.4 Å². The number of hydrogen-bond acceptors (Lipinski definition) is 8. The van der Waals surface area contributed by atoms with Crippen molar-refractivity contribution in [1.82, 2.24) is 20.2 Å². The first-order valence-corrected chi connectivity index (χ1v) is 10.5. The molecule has 0 radical (unpaired) electrons. The minimum absolute atomic E-state index is 0.488. The lowest BCUT2D eigenvalue weighted by atomic mass is 10.1. The molecule has 1 aliphatic heterocycles. The maximum Gasteiger partial charge on any atom is 0.258 e. The third-order valence-electron chi connectivity index (χ3n) is 5.32. The van der Waals surface area contributed by atoms with Crippen molar-refractivity contribution in [2.45, 2.75) is 26.2 Å². The Kier molecular flexibility index (Phi) is 4.63. The number of benzene rings is 1. The van der Waals surface area contributed by atoms with Gasteiger partial charge in [-0.25, -0.2) is 9.97 Å². The average Bonchev–Trinajstić information content (AvgIpc) is 3.39. The van der Waals surface area contributed by atoms with Crippen LogP contribution in [0.2, 0.25) is 0 Å². The lowest BCUT2D eigenvalue weighted by Crippen LogP contribution is -2.30. The highest BCUT2D eigenvalue weighted by Crippen LogP contribution is 2.41. The molecule has 0 N–H and O–H groups in total. The highest BCUT2D eigenvalue weighted by atomic mass is 32.1. The van der Waals surface area contributed by atoms with Crippen molar-refractivity contribution in [1.29, 1.82) is 0 Å². The topological polar surface area (TPSA) is 77.2 Å². The summed E-state index contributed by atoms with van der Waals surface area (Å²) in [6, 6.07) is 7.58. The van der Waals surface area contributed by atoms with Crippen LogP contribution in [0.5, 0.6) is 5.75 Å². The van der Waals surface area contributed by atoms with E-state index < -0.39 is 0 Å². The molecule has 0 spiro atoms. The number of hydrogen-bond donors (Lipinski definition) is 0. The molecule has 0 amide bonds. The van der Waals surface area contributed by atoms with Gasteiger partial charge in [0.2, 0.25) is 5.89 Å². The molecule has 3 aromatic heterocycles. The van der Waals surface area contributed by atoms with E-state index in [-0.39, 0.29) is 0 Å². The van der Waals surface area contributed by atoms with Crippen molar-refractivity contribution in [2.24, 2.45) is 0 Å². The van der Waals surface area contributed by atoms with Gasteiger partial charge in [0.25, 0.3) is 5.89 Å². The highest BCUT2D eigenvalue weighted by Gasteiger charge is 2.23. The Bertz CT molecular complexity index is 1150. The van der Waals surface area contributed by atoms with Crippen molar-refractivity contribution in [2.75, 3.05) is 25.1 Å². The number of thiophene rings is 1. The maximum atomic E-state index is 6.01. The molecule has 8 heteroatoms. The van der Waals surface area contributed by atoms with E-state index in [0.29, 0.717) is 11.8 Å². The molecule has 4 aromatic rings. The van der Waals surface area contributed by atoms with Gasteiger partial charge >= 0.3 is 0 Å². The molecule has 0 bridgehead atoms. The van der Waals surface area contributed by atoms with Gasteiger partial charge in [0.1, 0.15) is 22.7 Å². The molecular formula is C21H21N5O2S. The van der Waals surface area contributed by atoms with Gasteiger partial charge in [-0.05, 0) is 56.0 Å². The average molecular weight is 407 g/mol. The Morgan fingerprint density at radius 2 is 1.76 bits per heavy atom. The Hall–Kier alpha value is -3.00.